The Morgan fingerprint density at radius 3 is 2.12 bits per heavy atom. The van der Waals surface area contributed by atoms with Crippen LogP contribution < -0.4 is 10.6 Å². The first-order valence-corrected chi connectivity index (χ1v) is 11.6. The Labute approximate surface area is 199 Å². The molecule has 3 N–H and O–H groups in total. The van der Waals surface area contributed by atoms with E-state index in [0.29, 0.717) is 12.8 Å². The molecule has 2 aliphatic rings. The number of carbonyl (C=O) groups is 3. The number of nitrogens with one attached hydrogen (secondary N) is 2. The van der Waals surface area contributed by atoms with Crippen molar-refractivity contribution < 1.29 is 24.2 Å². The Balaban J connectivity index is 1.43. The third-order valence-corrected chi connectivity index (χ3v) is 6.73. The minimum absolute atomic E-state index is 0.0898. The van der Waals surface area contributed by atoms with Crippen LogP contribution in [0.15, 0.2) is 48.5 Å². The fourth-order valence-electron chi connectivity index (χ4n) is 5.04. The van der Waals surface area contributed by atoms with Gasteiger partial charge in [0.05, 0.1) is 0 Å². The predicted octanol–water partition coefficient (Wildman–Crippen LogP) is 2.97. The summed E-state index contributed by atoms with van der Waals surface area (Å²) in [5.74, 6) is -1.65. The summed E-state index contributed by atoms with van der Waals surface area (Å²) in [5.41, 5.74) is 3.19. The number of nitrogens with zero attached hydrogens (tertiary/aromatic N) is 1. The molecule has 34 heavy (non-hydrogen) atoms. The van der Waals surface area contributed by atoms with Gasteiger partial charge in [-0.1, -0.05) is 61.4 Å². The fourth-order valence-corrected chi connectivity index (χ4v) is 5.04. The Morgan fingerprint density at radius 1 is 1.03 bits per heavy atom. The van der Waals surface area contributed by atoms with Crippen molar-refractivity contribution in [2.24, 2.45) is 0 Å². The average Bonchev–Trinajstić information content (AvgIpc) is 3.41. The van der Waals surface area contributed by atoms with Gasteiger partial charge in [-0.15, -0.1) is 0 Å². The van der Waals surface area contributed by atoms with Gasteiger partial charge in [0.1, 0.15) is 18.2 Å². The molecule has 8 nitrogen and oxygen atoms in total. The van der Waals surface area contributed by atoms with Crippen molar-refractivity contribution in [3.63, 3.8) is 0 Å². The highest BCUT2D eigenvalue weighted by Crippen LogP contribution is 2.44. The van der Waals surface area contributed by atoms with Crippen molar-refractivity contribution >= 4 is 18.0 Å². The average molecular weight is 466 g/mol. The summed E-state index contributed by atoms with van der Waals surface area (Å²) < 4.78 is 5.58. The Bertz CT molecular complexity index is 1030. The van der Waals surface area contributed by atoms with Crippen molar-refractivity contribution in [1.82, 2.24) is 15.5 Å². The molecule has 2 aromatic rings. The molecule has 180 valence electrons. The van der Waals surface area contributed by atoms with E-state index in [1.165, 1.54) is 0 Å². The van der Waals surface area contributed by atoms with Gasteiger partial charge in [0.15, 0.2) is 0 Å². The largest absolute Gasteiger partial charge is 0.480 e. The maximum atomic E-state index is 13.0. The standard InChI is InChI=1S/C26H31N3O5/c1-29(2)15-22(23(30)28-26(24(31)32)13-7-8-14-26)27-25(33)34-16-21-19-11-5-3-9-17(19)18-10-4-6-12-20(18)21/h3-6,9-12,21-22H,7-8,13-16H2,1-2H3,(H,27,33)(H,28,30)(H,31,32). The first-order valence-electron chi connectivity index (χ1n) is 11.6. The van der Waals surface area contributed by atoms with Crippen LogP contribution in [0, 0.1) is 0 Å². The number of carboxylic acids is 1. The third kappa shape index (κ3) is 4.77. The van der Waals surface area contributed by atoms with Gasteiger partial charge in [-0.05, 0) is 49.2 Å². The number of alkyl carbamates (subject to hydrolysis) is 1. The van der Waals surface area contributed by atoms with E-state index < -0.39 is 29.6 Å². The van der Waals surface area contributed by atoms with Gasteiger partial charge in [-0.3, -0.25) is 4.79 Å². The van der Waals surface area contributed by atoms with E-state index in [-0.39, 0.29) is 19.1 Å². The molecule has 1 fully saturated rings. The van der Waals surface area contributed by atoms with Crippen molar-refractivity contribution in [1.29, 1.82) is 0 Å². The number of hydrogen-bond acceptors (Lipinski definition) is 5. The molecule has 0 spiro atoms. The quantitative estimate of drug-likeness (QED) is 0.553. The number of aliphatic carboxylic acids is 1. The topological polar surface area (TPSA) is 108 Å². The Morgan fingerprint density at radius 2 is 1.59 bits per heavy atom. The van der Waals surface area contributed by atoms with Crippen LogP contribution in [0.3, 0.4) is 0 Å². The fraction of sp³-hybridized carbons (Fsp3) is 0.423. The van der Waals surface area contributed by atoms with Gasteiger partial charge in [0.25, 0.3) is 0 Å². The van der Waals surface area contributed by atoms with Crippen LogP contribution >= 0.6 is 0 Å². The lowest BCUT2D eigenvalue weighted by Gasteiger charge is -2.29. The summed E-state index contributed by atoms with van der Waals surface area (Å²) in [6, 6.07) is 15.2. The van der Waals surface area contributed by atoms with Crippen LogP contribution in [0.4, 0.5) is 4.79 Å². The second kappa shape index (κ2) is 9.85. The van der Waals surface area contributed by atoms with Gasteiger partial charge in [0, 0.05) is 12.5 Å². The van der Waals surface area contributed by atoms with Gasteiger partial charge in [0.2, 0.25) is 5.91 Å². The molecule has 0 radical (unpaired) electrons. The van der Waals surface area contributed by atoms with Crippen LogP contribution in [0.2, 0.25) is 0 Å². The highest BCUT2D eigenvalue weighted by Gasteiger charge is 2.44. The first kappa shape index (κ1) is 23.8. The normalized spacial score (nSPS) is 17.0. The molecule has 1 atom stereocenters. The number of fused-ring (bicyclic) bond motifs is 3. The van der Waals surface area contributed by atoms with Crippen LogP contribution in [0.5, 0.6) is 0 Å². The number of ether oxygens (including phenoxy) is 1. The molecule has 1 unspecified atom stereocenters. The molecule has 1 saturated carbocycles. The maximum absolute atomic E-state index is 13.0. The molecule has 0 aliphatic heterocycles. The van der Waals surface area contributed by atoms with Crippen molar-refractivity contribution in [2.45, 2.75) is 43.2 Å². The van der Waals surface area contributed by atoms with Crippen LogP contribution in [0.1, 0.15) is 42.7 Å². The van der Waals surface area contributed by atoms with Gasteiger partial charge < -0.3 is 25.4 Å². The third-order valence-electron chi connectivity index (χ3n) is 6.73. The van der Waals surface area contributed by atoms with E-state index in [1.807, 2.05) is 36.4 Å². The number of rotatable bonds is 8. The SMILES string of the molecule is CN(C)CC(NC(=O)OCC1c2ccccc2-c2ccccc21)C(=O)NC1(C(=O)O)CCCC1. The molecule has 2 aliphatic carbocycles. The summed E-state index contributed by atoms with van der Waals surface area (Å²) >= 11 is 0. The van der Waals surface area contributed by atoms with E-state index in [2.05, 4.69) is 22.8 Å². The number of benzene rings is 2. The summed E-state index contributed by atoms with van der Waals surface area (Å²) in [4.78, 5) is 39.3. The Kier molecular flexibility index (Phi) is 6.88. The second-order valence-corrected chi connectivity index (χ2v) is 9.37. The van der Waals surface area contributed by atoms with E-state index in [9.17, 15) is 19.5 Å². The lowest BCUT2D eigenvalue weighted by Crippen LogP contribution is -2.60. The molecular weight excluding hydrogens is 434 g/mol. The number of carbonyl (C=O) groups excluding carboxylic acids is 2. The van der Waals surface area contributed by atoms with Gasteiger partial charge in [-0.25, -0.2) is 9.59 Å². The molecular formula is C26H31N3O5. The van der Waals surface area contributed by atoms with E-state index in [4.69, 9.17) is 4.74 Å². The molecule has 2 amide bonds. The molecule has 0 aromatic heterocycles. The molecule has 0 heterocycles. The molecule has 0 saturated heterocycles. The summed E-state index contributed by atoms with van der Waals surface area (Å²) in [5, 5.41) is 15.0. The summed E-state index contributed by atoms with van der Waals surface area (Å²) in [7, 11) is 3.56. The first-order chi connectivity index (χ1) is 16.3. The summed E-state index contributed by atoms with van der Waals surface area (Å²) in [6.45, 7) is 0.348. The molecule has 8 heteroatoms. The monoisotopic (exact) mass is 465 g/mol. The number of carboxylic acid groups (broad SMARTS) is 1. The zero-order valence-electron chi connectivity index (χ0n) is 19.5. The number of amides is 2. The minimum Gasteiger partial charge on any atom is -0.480 e. The number of hydrogen-bond donors (Lipinski definition) is 3. The van der Waals surface area contributed by atoms with E-state index in [1.54, 1.807) is 19.0 Å². The highest BCUT2D eigenvalue weighted by atomic mass is 16.5. The highest BCUT2D eigenvalue weighted by molar-refractivity contribution is 5.91. The van der Waals surface area contributed by atoms with Crippen LogP contribution in [0.25, 0.3) is 11.1 Å². The predicted molar refractivity (Wildman–Crippen MR) is 128 cm³/mol. The Hall–Kier alpha value is -3.39. The van der Waals surface area contributed by atoms with Crippen LogP contribution in [-0.2, 0) is 14.3 Å². The van der Waals surface area contributed by atoms with Gasteiger partial charge >= 0.3 is 12.1 Å². The maximum Gasteiger partial charge on any atom is 0.407 e. The zero-order chi connectivity index (χ0) is 24.3. The smallest absolute Gasteiger partial charge is 0.407 e. The summed E-state index contributed by atoms with van der Waals surface area (Å²) in [6.07, 6.45) is 1.54. The molecule has 2 aromatic carbocycles. The van der Waals surface area contributed by atoms with E-state index in [0.717, 1.165) is 35.1 Å². The van der Waals surface area contributed by atoms with Crippen molar-refractivity contribution in [2.75, 3.05) is 27.2 Å². The molecule has 4 rings (SSSR count). The minimum atomic E-state index is -1.27. The lowest BCUT2D eigenvalue weighted by atomic mass is 9.97. The zero-order valence-corrected chi connectivity index (χ0v) is 19.5. The molecule has 0 bridgehead atoms. The second-order valence-electron chi connectivity index (χ2n) is 9.37. The van der Waals surface area contributed by atoms with Crippen molar-refractivity contribution in [3.8, 4) is 11.1 Å². The van der Waals surface area contributed by atoms with Crippen LogP contribution in [-0.4, -0.2) is 66.8 Å². The lowest BCUT2D eigenvalue weighted by molar-refractivity contribution is -0.147. The van der Waals surface area contributed by atoms with E-state index >= 15 is 0 Å². The number of likely N-dealkylation sites (N-methyl/N-ethyl adjacent to an activating group) is 1. The van der Waals surface area contributed by atoms with Gasteiger partial charge in [-0.2, -0.15) is 0 Å². The van der Waals surface area contributed by atoms with Crippen molar-refractivity contribution in [3.05, 3.63) is 59.7 Å².